The summed E-state index contributed by atoms with van der Waals surface area (Å²) in [7, 11) is 0. The van der Waals surface area contributed by atoms with Crippen molar-refractivity contribution in [1.29, 1.82) is 0 Å². The van der Waals surface area contributed by atoms with Gasteiger partial charge >= 0.3 is 0 Å². The molecule has 1 rings (SSSR count). The van der Waals surface area contributed by atoms with Gasteiger partial charge in [-0.15, -0.1) is 0 Å². The second kappa shape index (κ2) is 3.06. The average Bonchev–Trinajstić information content (AvgIpc) is 2.40. The van der Waals surface area contributed by atoms with Crippen LogP contribution in [0, 0.1) is 0 Å². The number of oxazole rings is 1. The number of hydrogen-bond acceptors (Lipinski definition) is 3. The highest BCUT2D eigenvalue weighted by Crippen LogP contribution is 2.01. The topological polar surface area (TPSA) is 46.3 Å². The van der Waals surface area contributed by atoms with Gasteiger partial charge in [0.1, 0.15) is 6.26 Å². The van der Waals surface area contributed by atoms with Crippen LogP contribution in [0.15, 0.2) is 28.9 Å². The molecule has 1 aromatic heterocycles. The Kier molecular flexibility index (Phi) is 2.10. The lowest BCUT2D eigenvalue weighted by atomic mass is 10.3. The normalized spacial score (nSPS) is 11.9. The molecule has 3 nitrogen and oxygen atoms in total. The molecule has 0 saturated heterocycles. The maximum Gasteiger partial charge on any atom is 0.180 e. The lowest BCUT2D eigenvalue weighted by Gasteiger charge is -1.91. The fourth-order valence-corrected chi connectivity index (χ4v) is 0.612. The van der Waals surface area contributed by atoms with E-state index in [4.69, 9.17) is 9.52 Å². The Balaban J connectivity index is 2.56. The average molecular weight is 139 g/mol. The van der Waals surface area contributed by atoms with E-state index in [-0.39, 0.29) is 0 Å². The summed E-state index contributed by atoms with van der Waals surface area (Å²) in [6.45, 7) is 1.77. The molecule has 0 radical (unpaired) electrons. The molecule has 0 aliphatic rings. The molecule has 3 heteroatoms. The third-order valence-electron chi connectivity index (χ3n) is 1.18. The predicted octanol–water partition coefficient (Wildman–Crippen LogP) is 1.68. The maximum atomic E-state index is 9.01. The number of rotatable bonds is 2. The lowest BCUT2D eigenvalue weighted by Crippen LogP contribution is -1.87. The molecule has 0 atom stereocenters. The van der Waals surface area contributed by atoms with Gasteiger partial charge in [-0.3, -0.25) is 0 Å². The first kappa shape index (κ1) is 6.86. The van der Waals surface area contributed by atoms with Gasteiger partial charge in [-0.2, -0.15) is 0 Å². The first-order valence-electron chi connectivity index (χ1n) is 3.04. The maximum absolute atomic E-state index is 9.01. The monoisotopic (exact) mass is 139 g/mol. The van der Waals surface area contributed by atoms with Gasteiger partial charge in [0.15, 0.2) is 6.39 Å². The van der Waals surface area contributed by atoms with E-state index in [1.54, 1.807) is 13.0 Å². The van der Waals surface area contributed by atoms with Crippen molar-refractivity contribution >= 4 is 0 Å². The smallest absolute Gasteiger partial charge is 0.180 e. The van der Waals surface area contributed by atoms with Crippen LogP contribution in [0.3, 0.4) is 0 Å². The van der Waals surface area contributed by atoms with Crippen LogP contribution < -0.4 is 0 Å². The van der Waals surface area contributed by atoms with Crippen molar-refractivity contribution in [3.05, 3.63) is 30.2 Å². The highest BCUT2D eigenvalue weighted by atomic mass is 16.3. The summed E-state index contributed by atoms with van der Waals surface area (Å²) in [6.07, 6.45) is 4.94. The van der Waals surface area contributed by atoms with Gasteiger partial charge in [-0.05, 0) is 13.0 Å². The quantitative estimate of drug-likeness (QED) is 0.634. The Labute approximate surface area is 59.0 Å². The van der Waals surface area contributed by atoms with E-state index in [0.717, 1.165) is 5.69 Å². The minimum absolute atomic E-state index is 0.314. The second-order valence-corrected chi connectivity index (χ2v) is 1.94. The van der Waals surface area contributed by atoms with Crippen LogP contribution in [0.25, 0.3) is 0 Å². The predicted molar refractivity (Wildman–Crippen MR) is 36.6 cm³/mol. The zero-order valence-corrected chi connectivity index (χ0v) is 5.74. The fourth-order valence-electron chi connectivity index (χ4n) is 0.612. The van der Waals surface area contributed by atoms with Gasteiger partial charge in [0.2, 0.25) is 0 Å². The number of aliphatic hydroxyl groups excluding tert-OH is 1. The van der Waals surface area contributed by atoms with Crippen LogP contribution in [0.2, 0.25) is 0 Å². The molecule has 0 bridgehead atoms. The van der Waals surface area contributed by atoms with Crippen LogP contribution in [0.4, 0.5) is 0 Å². The molecule has 0 spiro atoms. The zero-order valence-electron chi connectivity index (χ0n) is 5.74. The van der Waals surface area contributed by atoms with Crippen molar-refractivity contribution in [2.24, 2.45) is 0 Å². The number of allylic oxidation sites excluding steroid dienone is 2. The van der Waals surface area contributed by atoms with Crippen LogP contribution >= 0.6 is 0 Å². The minimum atomic E-state index is 0.314. The van der Waals surface area contributed by atoms with Crippen molar-refractivity contribution in [2.45, 2.75) is 13.3 Å². The number of hydrogen-bond donors (Lipinski definition) is 1. The van der Waals surface area contributed by atoms with Gasteiger partial charge in [-0.1, -0.05) is 0 Å². The van der Waals surface area contributed by atoms with Gasteiger partial charge in [-0.25, -0.2) is 4.98 Å². The highest BCUT2D eigenvalue weighted by molar-refractivity contribution is 5.03. The minimum Gasteiger partial charge on any atom is -0.512 e. The summed E-state index contributed by atoms with van der Waals surface area (Å²) in [6, 6.07) is 0. The number of aliphatic hydroxyl groups is 1. The second-order valence-electron chi connectivity index (χ2n) is 1.94. The summed E-state index contributed by atoms with van der Waals surface area (Å²) >= 11 is 0. The molecule has 54 valence electrons. The zero-order chi connectivity index (χ0) is 7.40. The van der Waals surface area contributed by atoms with E-state index in [1.807, 2.05) is 0 Å². The van der Waals surface area contributed by atoms with Crippen molar-refractivity contribution in [1.82, 2.24) is 4.98 Å². The van der Waals surface area contributed by atoms with E-state index in [2.05, 4.69) is 4.98 Å². The first-order chi connectivity index (χ1) is 4.83. The summed E-state index contributed by atoms with van der Waals surface area (Å²) < 4.78 is 4.71. The molecule has 0 fully saturated rings. The molecule has 10 heavy (non-hydrogen) atoms. The van der Waals surface area contributed by atoms with E-state index in [0.29, 0.717) is 12.2 Å². The van der Waals surface area contributed by atoms with Crippen molar-refractivity contribution < 1.29 is 9.52 Å². The van der Waals surface area contributed by atoms with Gasteiger partial charge < -0.3 is 9.52 Å². The van der Waals surface area contributed by atoms with Gasteiger partial charge in [0.25, 0.3) is 0 Å². The third kappa shape index (κ3) is 1.62. The summed E-state index contributed by atoms with van der Waals surface area (Å²) in [5.41, 5.74) is 0.746. The fraction of sp³-hybridized carbons (Fsp3) is 0.286. The largest absolute Gasteiger partial charge is 0.512 e. The third-order valence-corrected chi connectivity index (χ3v) is 1.18. The van der Waals surface area contributed by atoms with Crippen LogP contribution in [-0.2, 0) is 6.42 Å². The Hall–Kier alpha value is -1.25. The molecular weight excluding hydrogens is 130 g/mol. The van der Waals surface area contributed by atoms with Crippen LogP contribution in [0.1, 0.15) is 12.6 Å². The Bertz CT molecular complexity index is 214. The first-order valence-corrected chi connectivity index (χ1v) is 3.04. The van der Waals surface area contributed by atoms with Crippen molar-refractivity contribution in [3.63, 3.8) is 0 Å². The molecule has 0 unspecified atom stereocenters. The molecule has 0 aliphatic heterocycles. The Morgan fingerprint density at radius 1 is 1.90 bits per heavy atom. The molecule has 1 aromatic rings. The molecular formula is C7H9NO2. The standard InChI is InChI=1S/C7H9NO2/c1-2-7(9)3-6-4-10-5-8-6/h2,4-5,9H,3H2,1H3/b7-2+. The summed E-state index contributed by atoms with van der Waals surface area (Å²) in [5.74, 6) is 0.314. The van der Waals surface area contributed by atoms with Gasteiger partial charge in [0.05, 0.1) is 17.9 Å². The Morgan fingerprint density at radius 3 is 3.20 bits per heavy atom. The Morgan fingerprint density at radius 2 is 2.70 bits per heavy atom. The van der Waals surface area contributed by atoms with Crippen molar-refractivity contribution in [3.8, 4) is 0 Å². The summed E-state index contributed by atoms with van der Waals surface area (Å²) in [5, 5.41) is 9.01. The van der Waals surface area contributed by atoms with Crippen LogP contribution in [-0.4, -0.2) is 10.1 Å². The molecule has 1 heterocycles. The SMILES string of the molecule is C/C=C(/O)Cc1cocn1. The lowest BCUT2D eigenvalue weighted by molar-refractivity contribution is 0.396. The van der Waals surface area contributed by atoms with Crippen LogP contribution in [0.5, 0.6) is 0 Å². The van der Waals surface area contributed by atoms with E-state index >= 15 is 0 Å². The van der Waals surface area contributed by atoms with E-state index < -0.39 is 0 Å². The molecule has 0 saturated carbocycles. The molecule has 1 N–H and O–H groups in total. The highest BCUT2D eigenvalue weighted by Gasteiger charge is 1.97. The molecule has 0 aromatic carbocycles. The number of nitrogens with zero attached hydrogens (tertiary/aromatic N) is 1. The van der Waals surface area contributed by atoms with Crippen molar-refractivity contribution in [2.75, 3.05) is 0 Å². The van der Waals surface area contributed by atoms with E-state index in [9.17, 15) is 0 Å². The molecule has 0 amide bonds. The van der Waals surface area contributed by atoms with E-state index in [1.165, 1.54) is 12.7 Å². The molecule has 0 aliphatic carbocycles. The number of aromatic nitrogens is 1. The summed E-state index contributed by atoms with van der Waals surface area (Å²) in [4.78, 5) is 3.84. The van der Waals surface area contributed by atoms with Gasteiger partial charge in [0, 0.05) is 0 Å².